The molecular formula is C27H20N2OS. The van der Waals surface area contributed by atoms with E-state index in [1.807, 2.05) is 97.1 Å². The Morgan fingerprint density at radius 3 is 2.03 bits per heavy atom. The molecule has 0 saturated carbocycles. The maximum absolute atomic E-state index is 13.6. The average Bonchev–Trinajstić information content (AvgIpc) is 3.27. The molecule has 3 nitrogen and oxygen atoms in total. The van der Waals surface area contributed by atoms with Gasteiger partial charge in [-0.2, -0.15) is 0 Å². The van der Waals surface area contributed by atoms with Crippen molar-refractivity contribution < 1.29 is 4.79 Å². The molecule has 4 heteroatoms. The number of para-hydroxylation sites is 1. The van der Waals surface area contributed by atoms with Crippen molar-refractivity contribution in [2.75, 3.05) is 4.90 Å². The Bertz CT molecular complexity index is 1280. The van der Waals surface area contributed by atoms with Crippen LogP contribution >= 0.6 is 11.3 Å². The van der Waals surface area contributed by atoms with Gasteiger partial charge in [0.1, 0.15) is 0 Å². The molecule has 0 unspecified atom stereocenters. The molecule has 0 radical (unpaired) electrons. The van der Waals surface area contributed by atoms with E-state index in [1.165, 1.54) is 0 Å². The summed E-state index contributed by atoms with van der Waals surface area (Å²) in [4.78, 5) is 20.1. The van der Waals surface area contributed by atoms with Gasteiger partial charge < -0.3 is 0 Å². The van der Waals surface area contributed by atoms with Crippen molar-refractivity contribution in [2.24, 2.45) is 0 Å². The highest BCUT2D eigenvalue weighted by atomic mass is 32.1. The first kappa shape index (κ1) is 19.2. The van der Waals surface area contributed by atoms with E-state index in [1.54, 1.807) is 16.2 Å². The van der Waals surface area contributed by atoms with Gasteiger partial charge in [0.25, 0.3) is 5.91 Å². The number of fused-ring (bicyclic) bond motifs is 1. The molecule has 31 heavy (non-hydrogen) atoms. The molecular weight excluding hydrogens is 400 g/mol. The molecule has 0 aliphatic carbocycles. The SMILES string of the molecule is O=C(c1ccc(-c2ccccc2)cc1)N(Cc1ccccc1)c1nc2ccccc2s1. The van der Waals surface area contributed by atoms with Crippen LogP contribution < -0.4 is 4.90 Å². The van der Waals surface area contributed by atoms with Crippen LogP contribution in [0.5, 0.6) is 0 Å². The summed E-state index contributed by atoms with van der Waals surface area (Å²) in [6.45, 7) is 0.472. The van der Waals surface area contributed by atoms with Crippen LogP contribution in [0.1, 0.15) is 15.9 Å². The monoisotopic (exact) mass is 420 g/mol. The van der Waals surface area contributed by atoms with Crippen molar-refractivity contribution in [3.05, 3.63) is 120 Å². The van der Waals surface area contributed by atoms with Gasteiger partial charge in [-0.15, -0.1) is 0 Å². The van der Waals surface area contributed by atoms with Crippen LogP contribution in [0.4, 0.5) is 5.13 Å². The predicted molar refractivity (Wildman–Crippen MR) is 128 cm³/mol. The van der Waals surface area contributed by atoms with Gasteiger partial charge in [0, 0.05) is 5.56 Å². The largest absolute Gasteiger partial charge is 0.279 e. The van der Waals surface area contributed by atoms with Crippen LogP contribution in [0.15, 0.2) is 109 Å². The van der Waals surface area contributed by atoms with E-state index in [0.717, 1.165) is 26.9 Å². The highest BCUT2D eigenvalue weighted by molar-refractivity contribution is 7.22. The van der Waals surface area contributed by atoms with Gasteiger partial charge >= 0.3 is 0 Å². The second-order valence-electron chi connectivity index (χ2n) is 7.28. The lowest BCUT2D eigenvalue weighted by Gasteiger charge is -2.20. The third-order valence-electron chi connectivity index (χ3n) is 5.18. The number of thiazole rings is 1. The minimum Gasteiger partial charge on any atom is -0.279 e. The summed E-state index contributed by atoms with van der Waals surface area (Å²) in [7, 11) is 0. The van der Waals surface area contributed by atoms with Crippen molar-refractivity contribution in [1.82, 2.24) is 4.98 Å². The van der Waals surface area contributed by atoms with Gasteiger partial charge in [0.05, 0.1) is 16.8 Å². The Morgan fingerprint density at radius 1 is 0.710 bits per heavy atom. The summed E-state index contributed by atoms with van der Waals surface area (Å²) < 4.78 is 1.07. The van der Waals surface area contributed by atoms with Crippen molar-refractivity contribution in [3.63, 3.8) is 0 Å². The molecule has 0 bridgehead atoms. The summed E-state index contributed by atoms with van der Waals surface area (Å²) in [5.41, 5.74) is 4.85. The fourth-order valence-corrected chi connectivity index (χ4v) is 4.52. The molecule has 1 aromatic heterocycles. The van der Waals surface area contributed by atoms with Gasteiger partial charge in [-0.3, -0.25) is 9.69 Å². The third kappa shape index (κ3) is 4.11. The number of rotatable bonds is 5. The molecule has 0 spiro atoms. The van der Waals surface area contributed by atoms with E-state index in [4.69, 9.17) is 4.98 Å². The van der Waals surface area contributed by atoms with Gasteiger partial charge in [-0.25, -0.2) is 4.98 Å². The number of nitrogens with zero attached hydrogens (tertiary/aromatic N) is 2. The quantitative estimate of drug-likeness (QED) is 0.313. The Hall–Kier alpha value is -3.76. The molecule has 4 aromatic carbocycles. The molecule has 1 amide bonds. The normalized spacial score (nSPS) is 10.8. The Kier molecular flexibility index (Phi) is 5.29. The standard InChI is InChI=1S/C27H20N2OS/c30-26(23-17-15-22(16-18-23)21-11-5-2-6-12-21)29(19-20-9-3-1-4-10-20)27-28-24-13-7-8-14-25(24)31-27/h1-18H,19H2. The van der Waals surface area contributed by atoms with E-state index >= 15 is 0 Å². The Morgan fingerprint density at radius 2 is 1.32 bits per heavy atom. The fourth-order valence-electron chi connectivity index (χ4n) is 3.56. The number of amides is 1. The van der Waals surface area contributed by atoms with Crippen LogP contribution in [-0.4, -0.2) is 10.9 Å². The summed E-state index contributed by atoms with van der Waals surface area (Å²) in [6.07, 6.45) is 0. The lowest BCUT2D eigenvalue weighted by Crippen LogP contribution is -2.30. The van der Waals surface area contributed by atoms with E-state index < -0.39 is 0 Å². The van der Waals surface area contributed by atoms with Gasteiger partial charge in [0.2, 0.25) is 0 Å². The van der Waals surface area contributed by atoms with E-state index in [2.05, 4.69) is 12.1 Å². The molecule has 150 valence electrons. The summed E-state index contributed by atoms with van der Waals surface area (Å²) in [5, 5.41) is 0.710. The highest BCUT2D eigenvalue weighted by Crippen LogP contribution is 2.31. The minimum absolute atomic E-state index is 0.0532. The van der Waals surface area contributed by atoms with E-state index in [-0.39, 0.29) is 5.91 Å². The van der Waals surface area contributed by atoms with E-state index in [0.29, 0.717) is 17.2 Å². The second kappa shape index (κ2) is 8.54. The Labute approximate surface area is 185 Å². The maximum Gasteiger partial charge on any atom is 0.260 e. The number of carbonyl (C=O) groups is 1. The minimum atomic E-state index is -0.0532. The average molecular weight is 421 g/mol. The number of benzene rings is 4. The first-order chi connectivity index (χ1) is 15.3. The number of hydrogen-bond donors (Lipinski definition) is 0. The molecule has 1 heterocycles. The molecule has 0 fully saturated rings. The molecule has 0 aliphatic rings. The van der Waals surface area contributed by atoms with Crippen molar-refractivity contribution >= 4 is 32.6 Å². The van der Waals surface area contributed by atoms with Gasteiger partial charge in [0.15, 0.2) is 5.13 Å². The molecule has 0 aliphatic heterocycles. The zero-order valence-electron chi connectivity index (χ0n) is 16.8. The van der Waals surface area contributed by atoms with Crippen molar-refractivity contribution in [1.29, 1.82) is 0 Å². The smallest absolute Gasteiger partial charge is 0.260 e. The predicted octanol–water partition coefficient (Wildman–Crippen LogP) is 6.81. The fraction of sp³-hybridized carbons (Fsp3) is 0.0370. The first-order valence-electron chi connectivity index (χ1n) is 10.1. The molecule has 0 saturated heterocycles. The van der Waals surface area contributed by atoms with Crippen molar-refractivity contribution in [3.8, 4) is 11.1 Å². The van der Waals surface area contributed by atoms with Gasteiger partial charge in [-0.05, 0) is 41.0 Å². The number of hydrogen-bond acceptors (Lipinski definition) is 3. The van der Waals surface area contributed by atoms with Crippen LogP contribution in [-0.2, 0) is 6.54 Å². The number of anilines is 1. The highest BCUT2D eigenvalue weighted by Gasteiger charge is 2.21. The van der Waals surface area contributed by atoms with Crippen LogP contribution in [0, 0.1) is 0 Å². The summed E-state index contributed by atoms with van der Waals surface area (Å²) in [5.74, 6) is -0.0532. The Balaban J connectivity index is 1.50. The van der Waals surface area contributed by atoms with Crippen molar-refractivity contribution in [2.45, 2.75) is 6.54 Å². The molecule has 5 rings (SSSR count). The molecule has 0 atom stereocenters. The summed E-state index contributed by atoms with van der Waals surface area (Å²) >= 11 is 1.54. The number of carbonyl (C=O) groups excluding carboxylic acids is 1. The van der Waals surface area contributed by atoms with Crippen LogP contribution in [0.25, 0.3) is 21.3 Å². The van der Waals surface area contributed by atoms with Gasteiger partial charge in [-0.1, -0.05) is 96.3 Å². The van der Waals surface area contributed by atoms with E-state index in [9.17, 15) is 4.79 Å². The number of aromatic nitrogens is 1. The zero-order chi connectivity index (χ0) is 21.0. The zero-order valence-corrected chi connectivity index (χ0v) is 17.6. The summed E-state index contributed by atoms with van der Waals surface area (Å²) in [6, 6.07) is 36.0. The molecule has 0 N–H and O–H groups in total. The topological polar surface area (TPSA) is 33.2 Å². The lowest BCUT2D eigenvalue weighted by atomic mass is 10.0. The third-order valence-corrected chi connectivity index (χ3v) is 6.24. The van der Waals surface area contributed by atoms with Crippen LogP contribution in [0.2, 0.25) is 0 Å². The second-order valence-corrected chi connectivity index (χ2v) is 8.29. The van der Waals surface area contributed by atoms with Crippen LogP contribution in [0.3, 0.4) is 0 Å². The first-order valence-corrected chi connectivity index (χ1v) is 11.0. The maximum atomic E-state index is 13.6. The lowest BCUT2D eigenvalue weighted by molar-refractivity contribution is 0.0985. The molecule has 5 aromatic rings.